The van der Waals surface area contributed by atoms with Gasteiger partial charge in [-0.2, -0.15) is 0 Å². The summed E-state index contributed by atoms with van der Waals surface area (Å²) in [5.41, 5.74) is 0. The van der Waals surface area contributed by atoms with Gasteiger partial charge >= 0.3 is 28.2 Å². The molecular formula is C3H10ClN4Pt. The Balaban J connectivity index is -0.0000000836. The standard InChI is InChI=1S/C3H4N2.ClH.2H3N.Pt/c1-2-5-3-4-1;;;;/h1-3H,(H,4,5);1H;2*1H3;/q;;;;+1/p-1. The van der Waals surface area contributed by atoms with Crippen molar-refractivity contribution in [1.29, 1.82) is 0 Å². The van der Waals surface area contributed by atoms with Gasteiger partial charge in [0.05, 0.1) is 6.33 Å². The molecule has 0 unspecified atom stereocenters. The summed E-state index contributed by atoms with van der Waals surface area (Å²) in [7, 11) is 4.61. The summed E-state index contributed by atoms with van der Waals surface area (Å²) in [4.78, 5) is 6.42. The van der Waals surface area contributed by atoms with E-state index >= 15 is 0 Å². The first kappa shape index (κ1) is 16.0. The molecule has 1 heterocycles. The van der Waals surface area contributed by atoms with Crippen LogP contribution in [0.3, 0.4) is 0 Å². The van der Waals surface area contributed by atoms with Crippen molar-refractivity contribution < 1.29 is 18.8 Å². The average Bonchev–Trinajstić information content (AvgIpc) is 2.23. The Hall–Kier alpha value is 0.108. The van der Waals surface area contributed by atoms with Gasteiger partial charge in [-0.05, 0) is 0 Å². The molecule has 0 atom stereocenters. The molecule has 9 heavy (non-hydrogen) atoms. The molecule has 0 fully saturated rings. The molecule has 59 valence electrons. The third-order valence-corrected chi connectivity index (χ3v) is 0.406. The Morgan fingerprint density at radius 1 is 1.33 bits per heavy atom. The number of imidazole rings is 1. The van der Waals surface area contributed by atoms with Crippen LogP contribution in [-0.2, 0) is 18.8 Å². The summed E-state index contributed by atoms with van der Waals surface area (Å²) in [5, 5.41) is 0. The predicted molar refractivity (Wildman–Crippen MR) is 34.5 cm³/mol. The fourth-order valence-corrected chi connectivity index (χ4v) is 0.215. The first-order valence-corrected chi connectivity index (χ1v) is 4.36. The van der Waals surface area contributed by atoms with Gasteiger partial charge in [0.25, 0.3) is 0 Å². The maximum atomic E-state index is 4.61. The van der Waals surface area contributed by atoms with Crippen LogP contribution >= 0.6 is 9.42 Å². The van der Waals surface area contributed by atoms with E-state index in [0.717, 1.165) is 0 Å². The number of aromatic nitrogens is 2. The Kier molecular flexibility index (Phi) is 28.0. The second kappa shape index (κ2) is 15.7. The zero-order valence-corrected chi connectivity index (χ0v) is 7.82. The summed E-state index contributed by atoms with van der Waals surface area (Å²) >= 11 is 1.61. The molecule has 1 aromatic heterocycles. The molecule has 0 aliphatic heterocycles. The normalized spacial score (nSPS) is 5.22. The van der Waals surface area contributed by atoms with Crippen LogP contribution in [0.5, 0.6) is 0 Å². The number of nitrogens with one attached hydrogen (secondary N) is 1. The van der Waals surface area contributed by atoms with Crippen molar-refractivity contribution in [1.82, 2.24) is 22.3 Å². The Bertz CT molecular complexity index is 72.3. The number of rotatable bonds is 0. The van der Waals surface area contributed by atoms with Crippen LogP contribution in [0.2, 0.25) is 0 Å². The van der Waals surface area contributed by atoms with Gasteiger partial charge in [0.15, 0.2) is 0 Å². The molecular weight excluding hydrogens is 323 g/mol. The summed E-state index contributed by atoms with van der Waals surface area (Å²) in [6.45, 7) is 0. The van der Waals surface area contributed by atoms with Crippen molar-refractivity contribution in [3.05, 3.63) is 18.7 Å². The fraction of sp³-hybridized carbons (Fsp3) is 0. The van der Waals surface area contributed by atoms with Crippen molar-refractivity contribution in [2.45, 2.75) is 0 Å². The van der Waals surface area contributed by atoms with Gasteiger partial charge in [-0.1, -0.05) is 0 Å². The first-order valence-electron chi connectivity index (χ1n) is 1.55. The van der Waals surface area contributed by atoms with Crippen LogP contribution in [0.4, 0.5) is 0 Å². The predicted octanol–water partition coefficient (Wildman–Crippen LogP) is 1.42. The number of aromatic amines is 1. The molecule has 0 radical (unpaired) electrons. The van der Waals surface area contributed by atoms with Crippen LogP contribution in [-0.4, -0.2) is 9.97 Å². The van der Waals surface area contributed by atoms with Crippen molar-refractivity contribution in [3.8, 4) is 0 Å². The van der Waals surface area contributed by atoms with E-state index in [0.29, 0.717) is 0 Å². The third kappa shape index (κ3) is 11.6. The molecule has 1 rings (SSSR count). The summed E-state index contributed by atoms with van der Waals surface area (Å²) in [6.07, 6.45) is 5.08. The first-order chi connectivity index (χ1) is 3.50. The van der Waals surface area contributed by atoms with Crippen LogP contribution in [0.1, 0.15) is 0 Å². The molecule has 7 N–H and O–H groups in total. The largest absolute Gasteiger partial charge is 0.351 e. The van der Waals surface area contributed by atoms with Crippen LogP contribution < -0.4 is 12.3 Å². The molecule has 0 aromatic carbocycles. The second-order valence-electron chi connectivity index (χ2n) is 0.761. The van der Waals surface area contributed by atoms with Crippen molar-refractivity contribution in [2.75, 3.05) is 0 Å². The molecule has 0 saturated heterocycles. The number of nitrogens with zero attached hydrogens (tertiary/aromatic N) is 1. The van der Waals surface area contributed by atoms with Gasteiger partial charge in [0, 0.05) is 12.4 Å². The van der Waals surface area contributed by atoms with Gasteiger partial charge in [-0.15, -0.1) is 0 Å². The molecule has 4 nitrogen and oxygen atoms in total. The van der Waals surface area contributed by atoms with E-state index in [1.54, 1.807) is 37.5 Å². The fourth-order valence-electron chi connectivity index (χ4n) is 0.215. The minimum absolute atomic E-state index is 0. The summed E-state index contributed by atoms with van der Waals surface area (Å²) in [5.74, 6) is 0. The molecule has 0 aliphatic carbocycles. The van der Waals surface area contributed by atoms with E-state index in [1.807, 2.05) is 0 Å². The maximum Gasteiger partial charge on any atom is 0.0919 e. The van der Waals surface area contributed by atoms with Crippen LogP contribution in [0, 0.1) is 0 Å². The Morgan fingerprint density at radius 2 is 1.89 bits per heavy atom. The van der Waals surface area contributed by atoms with Crippen LogP contribution in [0.25, 0.3) is 0 Å². The molecule has 0 amide bonds. The monoisotopic (exact) mass is 332 g/mol. The third-order valence-electron chi connectivity index (χ3n) is 0.406. The zero-order chi connectivity index (χ0) is 5.54. The van der Waals surface area contributed by atoms with Gasteiger partial charge < -0.3 is 17.3 Å². The number of halogens is 1. The second-order valence-corrected chi connectivity index (χ2v) is 0.761. The zero-order valence-electron chi connectivity index (χ0n) is 4.79. The Labute approximate surface area is 69.4 Å². The van der Waals surface area contributed by atoms with Crippen molar-refractivity contribution >= 4 is 9.42 Å². The number of hydrogen-bond acceptors (Lipinski definition) is 3. The van der Waals surface area contributed by atoms with Gasteiger partial charge in [-0.25, -0.2) is 4.98 Å². The average molecular weight is 333 g/mol. The SMILES string of the molecule is N.N.[Cl][Pt].c1c[nH]cn1. The van der Waals surface area contributed by atoms with Gasteiger partial charge in [0.2, 0.25) is 0 Å². The van der Waals surface area contributed by atoms with E-state index in [-0.39, 0.29) is 12.3 Å². The molecule has 1 aromatic rings. The summed E-state index contributed by atoms with van der Waals surface area (Å²) < 4.78 is 0. The topological polar surface area (TPSA) is 98.7 Å². The van der Waals surface area contributed by atoms with E-state index in [4.69, 9.17) is 0 Å². The smallest absolute Gasteiger partial charge is 0.0919 e. The van der Waals surface area contributed by atoms with Gasteiger partial charge in [-0.3, -0.25) is 0 Å². The van der Waals surface area contributed by atoms with Gasteiger partial charge in [0.1, 0.15) is 0 Å². The quantitative estimate of drug-likeness (QED) is 0.670. The number of hydrogen-bond donors (Lipinski definition) is 3. The van der Waals surface area contributed by atoms with Crippen molar-refractivity contribution in [3.63, 3.8) is 0 Å². The molecule has 6 heteroatoms. The van der Waals surface area contributed by atoms with E-state index in [9.17, 15) is 0 Å². The van der Waals surface area contributed by atoms with E-state index in [1.165, 1.54) is 0 Å². The maximum absolute atomic E-state index is 4.61. The minimum Gasteiger partial charge on any atom is -0.351 e. The van der Waals surface area contributed by atoms with E-state index < -0.39 is 0 Å². The van der Waals surface area contributed by atoms with E-state index in [2.05, 4.69) is 19.4 Å². The molecule has 0 aliphatic rings. The Morgan fingerprint density at radius 3 is 2.00 bits per heavy atom. The summed E-state index contributed by atoms with van der Waals surface area (Å²) in [6, 6.07) is 0. The minimum atomic E-state index is 0. The molecule has 0 saturated carbocycles. The number of H-pyrrole nitrogens is 1. The van der Waals surface area contributed by atoms with Crippen LogP contribution in [0.15, 0.2) is 18.7 Å². The molecule has 0 spiro atoms. The van der Waals surface area contributed by atoms with Crippen molar-refractivity contribution in [2.24, 2.45) is 0 Å². The molecule has 0 bridgehead atoms.